The van der Waals surface area contributed by atoms with Gasteiger partial charge in [0.2, 0.25) is 0 Å². The zero-order valence-corrected chi connectivity index (χ0v) is 9.35. The van der Waals surface area contributed by atoms with Crippen LogP contribution in [0.15, 0.2) is 18.3 Å². The summed E-state index contributed by atoms with van der Waals surface area (Å²) < 4.78 is 0. The number of piperidine rings is 1. The third-order valence-corrected chi connectivity index (χ3v) is 3.06. The van der Waals surface area contributed by atoms with Gasteiger partial charge in [-0.1, -0.05) is 0 Å². The number of anilines is 1. The lowest BCUT2D eigenvalue weighted by Gasteiger charge is -2.35. The van der Waals surface area contributed by atoms with Crippen LogP contribution in [0.25, 0.3) is 0 Å². The van der Waals surface area contributed by atoms with E-state index in [1.807, 2.05) is 12.1 Å². The molecule has 2 atom stereocenters. The van der Waals surface area contributed by atoms with Crippen LogP contribution in [0.1, 0.15) is 19.8 Å². The molecule has 1 aromatic heterocycles. The Labute approximate surface area is 90.7 Å². The topological polar surface area (TPSA) is 41.1 Å². The Kier molecular flexibility index (Phi) is 3.16. The van der Waals surface area contributed by atoms with Crippen molar-refractivity contribution in [1.29, 1.82) is 0 Å². The molecule has 15 heavy (non-hydrogen) atoms. The largest absolute Gasteiger partial charge is 0.355 e. The smallest absolute Gasteiger partial charge is 0.151 e. The second-order valence-corrected chi connectivity index (χ2v) is 4.23. The third-order valence-electron chi connectivity index (χ3n) is 3.06. The number of nitrogens with zero attached hydrogens (tertiary/aromatic N) is 3. The van der Waals surface area contributed by atoms with Crippen molar-refractivity contribution in [3.8, 4) is 0 Å². The van der Waals surface area contributed by atoms with Gasteiger partial charge in [-0.25, -0.2) is 0 Å². The van der Waals surface area contributed by atoms with Gasteiger partial charge in [0.1, 0.15) is 0 Å². The summed E-state index contributed by atoms with van der Waals surface area (Å²) in [6, 6.07) is 5.13. The predicted molar refractivity (Wildman–Crippen MR) is 60.9 cm³/mol. The molecule has 0 unspecified atom stereocenters. The van der Waals surface area contributed by atoms with E-state index in [1.165, 1.54) is 12.8 Å². The summed E-state index contributed by atoms with van der Waals surface area (Å²) in [7, 11) is 2.10. The summed E-state index contributed by atoms with van der Waals surface area (Å²) in [5.74, 6) is 0.969. The van der Waals surface area contributed by atoms with Crippen LogP contribution in [0.4, 0.5) is 5.82 Å². The van der Waals surface area contributed by atoms with Crippen molar-refractivity contribution in [2.75, 3.05) is 18.5 Å². The average Bonchev–Trinajstić information content (AvgIpc) is 2.29. The first-order valence-corrected chi connectivity index (χ1v) is 5.51. The van der Waals surface area contributed by atoms with Crippen LogP contribution in [0, 0.1) is 0 Å². The van der Waals surface area contributed by atoms with Crippen molar-refractivity contribution in [2.45, 2.75) is 31.8 Å². The van der Waals surface area contributed by atoms with Crippen LogP contribution < -0.4 is 10.2 Å². The summed E-state index contributed by atoms with van der Waals surface area (Å²) >= 11 is 0. The normalized spacial score (nSPS) is 26.3. The zero-order chi connectivity index (χ0) is 10.7. The minimum Gasteiger partial charge on any atom is -0.355 e. The van der Waals surface area contributed by atoms with Crippen molar-refractivity contribution in [3.05, 3.63) is 18.3 Å². The van der Waals surface area contributed by atoms with Crippen molar-refractivity contribution in [3.63, 3.8) is 0 Å². The molecule has 1 aliphatic heterocycles. The summed E-state index contributed by atoms with van der Waals surface area (Å²) in [6.45, 7) is 3.33. The Morgan fingerprint density at radius 1 is 1.53 bits per heavy atom. The van der Waals surface area contributed by atoms with Gasteiger partial charge >= 0.3 is 0 Å². The fraction of sp³-hybridized carbons (Fsp3) is 0.636. The van der Waals surface area contributed by atoms with Gasteiger partial charge in [0.25, 0.3) is 0 Å². The van der Waals surface area contributed by atoms with Crippen LogP contribution in [0.2, 0.25) is 0 Å². The average molecular weight is 206 g/mol. The van der Waals surface area contributed by atoms with Gasteiger partial charge in [-0.3, -0.25) is 0 Å². The monoisotopic (exact) mass is 206 g/mol. The quantitative estimate of drug-likeness (QED) is 0.785. The van der Waals surface area contributed by atoms with Crippen LogP contribution in [0.3, 0.4) is 0 Å². The number of hydrogen-bond acceptors (Lipinski definition) is 4. The lowest BCUT2D eigenvalue weighted by molar-refractivity contribution is 0.370. The maximum absolute atomic E-state index is 4.13. The maximum Gasteiger partial charge on any atom is 0.151 e. The van der Waals surface area contributed by atoms with E-state index in [1.54, 1.807) is 6.20 Å². The van der Waals surface area contributed by atoms with Gasteiger partial charge in [-0.15, -0.1) is 5.10 Å². The fourth-order valence-electron chi connectivity index (χ4n) is 2.13. The minimum atomic E-state index is 0.581. The van der Waals surface area contributed by atoms with E-state index >= 15 is 0 Å². The Bertz CT molecular complexity index is 301. The summed E-state index contributed by atoms with van der Waals surface area (Å²) in [6.07, 6.45) is 4.06. The highest BCUT2D eigenvalue weighted by Crippen LogP contribution is 2.18. The van der Waals surface area contributed by atoms with Crippen molar-refractivity contribution in [2.24, 2.45) is 0 Å². The molecule has 1 aromatic rings. The molecular formula is C11H18N4. The molecule has 0 radical (unpaired) electrons. The lowest BCUT2D eigenvalue weighted by Crippen LogP contribution is -2.45. The molecule has 0 aromatic carbocycles. The molecular weight excluding hydrogens is 188 g/mol. The molecule has 1 N–H and O–H groups in total. The molecule has 4 nitrogen and oxygen atoms in total. The first-order valence-electron chi connectivity index (χ1n) is 5.51. The lowest BCUT2D eigenvalue weighted by atomic mass is 9.99. The first-order chi connectivity index (χ1) is 7.27. The van der Waals surface area contributed by atoms with E-state index in [0.717, 1.165) is 12.4 Å². The number of aromatic nitrogens is 2. The molecule has 82 valence electrons. The van der Waals surface area contributed by atoms with Gasteiger partial charge in [0.05, 0.1) is 0 Å². The molecule has 4 heteroatoms. The van der Waals surface area contributed by atoms with Crippen LogP contribution >= 0.6 is 0 Å². The molecule has 0 aliphatic carbocycles. The highest BCUT2D eigenvalue weighted by atomic mass is 15.3. The third kappa shape index (κ3) is 2.45. The standard InChI is InChI=1S/C11H18N4/c1-9-8-10(5-7-12-9)15(2)11-4-3-6-13-14-11/h3-4,6,9-10,12H,5,7-8H2,1-2H3/t9-,10-/m1/s1. The Morgan fingerprint density at radius 3 is 3.07 bits per heavy atom. The van der Waals surface area contributed by atoms with Gasteiger partial charge in [0.15, 0.2) is 5.82 Å². The highest BCUT2D eigenvalue weighted by Gasteiger charge is 2.22. The summed E-state index contributed by atoms with van der Waals surface area (Å²) in [5, 5.41) is 11.5. The Hall–Kier alpha value is -1.16. The summed E-state index contributed by atoms with van der Waals surface area (Å²) in [5.41, 5.74) is 0. The molecule has 0 spiro atoms. The molecule has 1 fully saturated rings. The second-order valence-electron chi connectivity index (χ2n) is 4.23. The molecule has 1 aliphatic rings. The number of nitrogens with one attached hydrogen (secondary N) is 1. The molecule has 0 saturated carbocycles. The molecule has 0 amide bonds. The predicted octanol–water partition coefficient (Wildman–Crippen LogP) is 1.05. The van der Waals surface area contributed by atoms with E-state index in [-0.39, 0.29) is 0 Å². The van der Waals surface area contributed by atoms with Crippen LogP contribution in [-0.2, 0) is 0 Å². The van der Waals surface area contributed by atoms with E-state index in [0.29, 0.717) is 12.1 Å². The van der Waals surface area contributed by atoms with Crippen molar-refractivity contribution in [1.82, 2.24) is 15.5 Å². The second kappa shape index (κ2) is 4.57. The van der Waals surface area contributed by atoms with E-state index in [2.05, 4.69) is 34.4 Å². The van der Waals surface area contributed by atoms with Gasteiger partial charge in [0, 0.05) is 25.3 Å². The molecule has 2 heterocycles. The first kappa shape index (κ1) is 10.4. The Balaban J connectivity index is 2.04. The van der Waals surface area contributed by atoms with Crippen LogP contribution in [0.5, 0.6) is 0 Å². The maximum atomic E-state index is 4.13. The van der Waals surface area contributed by atoms with Crippen molar-refractivity contribution < 1.29 is 0 Å². The highest BCUT2D eigenvalue weighted by molar-refractivity contribution is 5.36. The van der Waals surface area contributed by atoms with Gasteiger partial charge in [-0.05, 0) is 38.4 Å². The SMILES string of the molecule is C[C@@H]1C[C@H](N(C)c2cccnn2)CCN1. The van der Waals surface area contributed by atoms with Crippen LogP contribution in [-0.4, -0.2) is 35.9 Å². The van der Waals surface area contributed by atoms with E-state index in [9.17, 15) is 0 Å². The zero-order valence-electron chi connectivity index (χ0n) is 9.35. The van der Waals surface area contributed by atoms with E-state index < -0.39 is 0 Å². The fourth-order valence-corrected chi connectivity index (χ4v) is 2.13. The van der Waals surface area contributed by atoms with Gasteiger partial charge in [-0.2, -0.15) is 5.10 Å². The summed E-state index contributed by atoms with van der Waals surface area (Å²) in [4.78, 5) is 2.24. The molecule has 0 bridgehead atoms. The molecule has 2 rings (SSSR count). The van der Waals surface area contributed by atoms with Crippen molar-refractivity contribution >= 4 is 5.82 Å². The van der Waals surface area contributed by atoms with E-state index in [4.69, 9.17) is 0 Å². The molecule has 1 saturated heterocycles. The minimum absolute atomic E-state index is 0.581. The number of hydrogen-bond donors (Lipinski definition) is 1. The Morgan fingerprint density at radius 2 is 2.40 bits per heavy atom. The number of rotatable bonds is 2. The van der Waals surface area contributed by atoms with Gasteiger partial charge < -0.3 is 10.2 Å².